The minimum absolute atomic E-state index is 1.15. The summed E-state index contributed by atoms with van der Waals surface area (Å²) in [5.41, 5.74) is 4.24. The van der Waals surface area contributed by atoms with Crippen molar-refractivity contribution in [3.05, 3.63) is 23.3 Å². The van der Waals surface area contributed by atoms with Gasteiger partial charge in [0.15, 0.2) is 0 Å². The van der Waals surface area contributed by atoms with Gasteiger partial charge in [-0.15, -0.1) is 0 Å². The van der Waals surface area contributed by atoms with Crippen molar-refractivity contribution in [3.63, 3.8) is 0 Å². The smallest absolute Gasteiger partial charge is 0.115 e. The number of hydrogen-bond acceptors (Lipinski definition) is 2. The first kappa shape index (κ1) is 24.1. The lowest BCUT2D eigenvalue weighted by Crippen LogP contribution is -2.07. The molecule has 0 saturated carbocycles. The summed E-state index contributed by atoms with van der Waals surface area (Å²) >= 11 is 0. The Morgan fingerprint density at radius 3 is 1.26 bits per heavy atom. The van der Waals surface area contributed by atoms with Crippen molar-refractivity contribution in [2.75, 3.05) is 0 Å². The molecule has 0 atom stereocenters. The summed E-state index contributed by atoms with van der Waals surface area (Å²) in [6.07, 6.45) is 25.5. The van der Waals surface area contributed by atoms with Crippen molar-refractivity contribution in [1.29, 1.82) is 0 Å². The summed E-state index contributed by atoms with van der Waals surface area (Å²) < 4.78 is 0. The van der Waals surface area contributed by atoms with Crippen LogP contribution in [0.25, 0.3) is 0 Å². The third kappa shape index (κ3) is 11.5. The van der Waals surface area contributed by atoms with Gasteiger partial charge in [-0.2, -0.15) is 0 Å². The minimum atomic E-state index is 1.15. The Labute approximate surface area is 170 Å². The summed E-state index contributed by atoms with van der Waals surface area (Å²) in [7, 11) is 0. The van der Waals surface area contributed by atoms with E-state index in [-0.39, 0.29) is 0 Å². The highest BCUT2D eigenvalue weighted by Gasteiger charge is 2.11. The van der Waals surface area contributed by atoms with Crippen molar-refractivity contribution in [3.8, 4) is 0 Å². The molecule has 0 amide bonds. The number of rotatable bonds is 18. The predicted octanol–water partition coefficient (Wildman–Crippen LogP) is 8.02. The van der Waals surface area contributed by atoms with E-state index in [0.717, 1.165) is 12.8 Å². The summed E-state index contributed by atoms with van der Waals surface area (Å²) in [6.45, 7) is 6.86. The summed E-state index contributed by atoms with van der Waals surface area (Å²) in [5.74, 6) is 0. The highest BCUT2D eigenvalue weighted by Crippen LogP contribution is 2.20. The molecule has 0 aliphatic carbocycles. The highest BCUT2D eigenvalue weighted by molar-refractivity contribution is 5.25. The molecule has 0 fully saturated rings. The zero-order valence-electron chi connectivity index (χ0n) is 18.7. The SMILES string of the molecule is CCCCCCCc1ncnc(CCCCCCC)c1CCCCCCC. The maximum atomic E-state index is 4.72. The molecule has 0 radical (unpaired) electrons. The fourth-order valence-electron chi connectivity index (χ4n) is 3.91. The third-order valence-electron chi connectivity index (χ3n) is 5.69. The van der Waals surface area contributed by atoms with E-state index in [1.165, 1.54) is 120 Å². The number of hydrogen-bond donors (Lipinski definition) is 0. The van der Waals surface area contributed by atoms with Crippen LogP contribution in [0.5, 0.6) is 0 Å². The van der Waals surface area contributed by atoms with Crippen LogP contribution >= 0.6 is 0 Å². The van der Waals surface area contributed by atoms with Crippen LogP contribution in [-0.4, -0.2) is 9.97 Å². The Bertz CT molecular complexity index is 423. The van der Waals surface area contributed by atoms with Crippen LogP contribution in [0.4, 0.5) is 0 Å². The molecule has 27 heavy (non-hydrogen) atoms. The van der Waals surface area contributed by atoms with Gasteiger partial charge < -0.3 is 0 Å². The molecule has 0 bridgehead atoms. The number of nitrogens with zero attached hydrogens (tertiary/aromatic N) is 2. The molecule has 1 rings (SSSR count). The van der Waals surface area contributed by atoms with E-state index in [1.807, 2.05) is 6.33 Å². The Kier molecular flexibility index (Phi) is 15.4. The van der Waals surface area contributed by atoms with E-state index in [0.29, 0.717) is 0 Å². The topological polar surface area (TPSA) is 25.8 Å². The van der Waals surface area contributed by atoms with Gasteiger partial charge in [-0.3, -0.25) is 0 Å². The quantitative estimate of drug-likeness (QED) is 0.243. The Hall–Kier alpha value is -0.920. The van der Waals surface area contributed by atoms with Gasteiger partial charge in [0.2, 0.25) is 0 Å². The van der Waals surface area contributed by atoms with E-state index < -0.39 is 0 Å². The lowest BCUT2D eigenvalue weighted by molar-refractivity contribution is 0.603. The van der Waals surface area contributed by atoms with E-state index in [4.69, 9.17) is 9.97 Å². The first-order valence-corrected chi connectivity index (χ1v) is 12.1. The molecule has 0 saturated heterocycles. The molecule has 0 unspecified atom stereocenters. The molecular weight excluding hydrogens is 328 g/mol. The van der Waals surface area contributed by atoms with Crippen LogP contribution in [-0.2, 0) is 19.3 Å². The summed E-state index contributed by atoms with van der Waals surface area (Å²) in [4.78, 5) is 9.44. The van der Waals surface area contributed by atoms with Gasteiger partial charge in [-0.1, -0.05) is 97.8 Å². The third-order valence-corrected chi connectivity index (χ3v) is 5.69. The van der Waals surface area contributed by atoms with E-state index >= 15 is 0 Å². The van der Waals surface area contributed by atoms with Gasteiger partial charge in [-0.05, 0) is 44.1 Å². The van der Waals surface area contributed by atoms with Crippen molar-refractivity contribution >= 4 is 0 Å². The molecule has 1 heterocycles. The fraction of sp³-hybridized carbons (Fsp3) is 0.840. The number of aryl methyl sites for hydroxylation is 2. The van der Waals surface area contributed by atoms with Crippen LogP contribution in [0.3, 0.4) is 0 Å². The normalized spacial score (nSPS) is 11.2. The molecule has 0 aliphatic heterocycles. The molecule has 156 valence electrons. The Morgan fingerprint density at radius 2 is 0.852 bits per heavy atom. The van der Waals surface area contributed by atoms with Gasteiger partial charge in [0.25, 0.3) is 0 Å². The monoisotopic (exact) mass is 374 g/mol. The fourth-order valence-corrected chi connectivity index (χ4v) is 3.91. The molecule has 2 heteroatoms. The summed E-state index contributed by atoms with van der Waals surface area (Å²) in [6, 6.07) is 0. The molecule has 1 aromatic rings. The second kappa shape index (κ2) is 17.2. The molecule has 0 spiro atoms. The van der Waals surface area contributed by atoms with Crippen LogP contribution in [0.15, 0.2) is 6.33 Å². The van der Waals surface area contributed by atoms with Gasteiger partial charge in [0.05, 0.1) is 0 Å². The van der Waals surface area contributed by atoms with E-state index in [1.54, 1.807) is 0 Å². The zero-order valence-corrected chi connectivity index (χ0v) is 18.7. The van der Waals surface area contributed by atoms with Gasteiger partial charge in [0.1, 0.15) is 6.33 Å². The van der Waals surface area contributed by atoms with Crippen molar-refractivity contribution in [2.24, 2.45) is 0 Å². The lowest BCUT2D eigenvalue weighted by atomic mass is 9.96. The maximum absolute atomic E-state index is 4.72. The first-order valence-electron chi connectivity index (χ1n) is 12.1. The van der Waals surface area contributed by atoms with Gasteiger partial charge in [-0.25, -0.2) is 9.97 Å². The number of aromatic nitrogens is 2. The van der Waals surface area contributed by atoms with Crippen molar-refractivity contribution < 1.29 is 0 Å². The zero-order chi connectivity index (χ0) is 19.6. The predicted molar refractivity (Wildman–Crippen MR) is 119 cm³/mol. The number of unbranched alkanes of at least 4 members (excludes halogenated alkanes) is 12. The Morgan fingerprint density at radius 1 is 0.481 bits per heavy atom. The molecule has 0 aromatic carbocycles. The molecule has 0 aliphatic rings. The minimum Gasteiger partial charge on any atom is -0.241 e. The average Bonchev–Trinajstić information content (AvgIpc) is 2.68. The maximum Gasteiger partial charge on any atom is 0.115 e. The second-order valence-electron chi connectivity index (χ2n) is 8.24. The van der Waals surface area contributed by atoms with Crippen LogP contribution in [0, 0.1) is 0 Å². The van der Waals surface area contributed by atoms with E-state index in [2.05, 4.69) is 20.8 Å². The van der Waals surface area contributed by atoms with Crippen molar-refractivity contribution in [1.82, 2.24) is 9.97 Å². The second-order valence-corrected chi connectivity index (χ2v) is 8.24. The average molecular weight is 375 g/mol. The Balaban J connectivity index is 2.60. The van der Waals surface area contributed by atoms with Gasteiger partial charge in [0, 0.05) is 11.4 Å². The lowest BCUT2D eigenvalue weighted by Gasteiger charge is -2.13. The highest BCUT2D eigenvalue weighted by atomic mass is 14.8. The molecule has 1 aromatic heterocycles. The molecular formula is C25H46N2. The first-order chi connectivity index (χ1) is 13.3. The van der Waals surface area contributed by atoms with E-state index in [9.17, 15) is 0 Å². The van der Waals surface area contributed by atoms with Gasteiger partial charge >= 0.3 is 0 Å². The molecule has 2 nitrogen and oxygen atoms in total. The largest absolute Gasteiger partial charge is 0.241 e. The standard InChI is InChI=1S/C25H46N2/c1-4-7-10-13-16-19-23-24(20-17-14-11-8-5-2)26-22-27-25(23)21-18-15-12-9-6-3/h22H,4-21H2,1-3H3. The van der Waals surface area contributed by atoms with Crippen molar-refractivity contribution in [2.45, 2.75) is 136 Å². The molecule has 0 N–H and O–H groups in total. The van der Waals surface area contributed by atoms with Crippen LogP contribution < -0.4 is 0 Å². The van der Waals surface area contributed by atoms with Crippen LogP contribution in [0.1, 0.15) is 134 Å². The summed E-state index contributed by atoms with van der Waals surface area (Å²) in [5, 5.41) is 0. The van der Waals surface area contributed by atoms with Crippen LogP contribution in [0.2, 0.25) is 0 Å².